The maximum Gasteiger partial charge on any atom is 0.224 e. The summed E-state index contributed by atoms with van der Waals surface area (Å²) in [6, 6.07) is 16.6. The molecule has 1 saturated heterocycles. The summed E-state index contributed by atoms with van der Waals surface area (Å²) >= 11 is 0. The molecule has 0 spiro atoms. The topological polar surface area (TPSA) is 60.0 Å². The van der Waals surface area contributed by atoms with E-state index in [0.717, 1.165) is 38.7 Å². The van der Waals surface area contributed by atoms with Crippen LogP contribution in [0.4, 0.5) is 10.1 Å². The molecular formula is C23H30FN5O. The lowest BCUT2D eigenvalue weighted by Gasteiger charge is -2.37. The first-order valence-corrected chi connectivity index (χ1v) is 10.5. The van der Waals surface area contributed by atoms with Crippen molar-refractivity contribution in [2.24, 2.45) is 4.99 Å². The van der Waals surface area contributed by atoms with Crippen LogP contribution in [0.3, 0.4) is 0 Å². The zero-order valence-electron chi connectivity index (χ0n) is 17.5. The Balaban J connectivity index is 1.45. The Morgan fingerprint density at radius 1 is 1.03 bits per heavy atom. The smallest absolute Gasteiger partial charge is 0.224 e. The highest BCUT2D eigenvalue weighted by atomic mass is 19.1. The van der Waals surface area contributed by atoms with Gasteiger partial charge in [0.25, 0.3) is 0 Å². The number of amides is 1. The highest BCUT2D eigenvalue weighted by Crippen LogP contribution is 2.15. The van der Waals surface area contributed by atoms with Gasteiger partial charge in [-0.1, -0.05) is 30.3 Å². The van der Waals surface area contributed by atoms with Crippen molar-refractivity contribution in [2.75, 3.05) is 50.7 Å². The van der Waals surface area contributed by atoms with E-state index in [9.17, 15) is 9.18 Å². The first-order valence-electron chi connectivity index (χ1n) is 10.5. The Morgan fingerprint density at radius 3 is 2.50 bits per heavy atom. The van der Waals surface area contributed by atoms with Crippen LogP contribution in [0.5, 0.6) is 0 Å². The van der Waals surface area contributed by atoms with Crippen molar-refractivity contribution in [3.05, 3.63) is 66.0 Å². The summed E-state index contributed by atoms with van der Waals surface area (Å²) in [6.45, 7) is 7.47. The molecule has 2 aromatic rings. The summed E-state index contributed by atoms with van der Waals surface area (Å²) in [5.41, 5.74) is 1.92. The van der Waals surface area contributed by atoms with Gasteiger partial charge in [0.05, 0.1) is 13.0 Å². The lowest BCUT2D eigenvalue weighted by Crippen LogP contribution is -2.52. The molecule has 3 rings (SSSR count). The third-order valence-corrected chi connectivity index (χ3v) is 4.98. The number of rotatable bonds is 7. The molecule has 0 aliphatic carbocycles. The van der Waals surface area contributed by atoms with Crippen LogP contribution in [0.25, 0.3) is 0 Å². The number of aliphatic imine (C=N–C) groups is 1. The monoisotopic (exact) mass is 411 g/mol. The Morgan fingerprint density at radius 2 is 1.80 bits per heavy atom. The summed E-state index contributed by atoms with van der Waals surface area (Å²) < 4.78 is 13.2. The molecular weight excluding hydrogens is 381 g/mol. The zero-order chi connectivity index (χ0) is 21.2. The number of para-hydroxylation sites is 1. The number of carbonyl (C=O) groups is 1. The van der Waals surface area contributed by atoms with Gasteiger partial charge in [0, 0.05) is 45.0 Å². The largest absolute Gasteiger partial charge is 0.368 e. The molecule has 1 amide bonds. The molecule has 1 aliphatic rings. The zero-order valence-corrected chi connectivity index (χ0v) is 17.5. The molecule has 2 aromatic carbocycles. The average molecular weight is 412 g/mol. The van der Waals surface area contributed by atoms with Gasteiger partial charge >= 0.3 is 0 Å². The summed E-state index contributed by atoms with van der Waals surface area (Å²) in [7, 11) is 0. The SMILES string of the molecule is CCNC(=NCCNC(=O)Cc1cccc(F)c1)N1CCN(c2ccccc2)CC1. The second-order valence-corrected chi connectivity index (χ2v) is 7.20. The predicted octanol–water partition coefficient (Wildman–Crippen LogP) is 2.27. The number of halogens is 1. The van der Waals surface area contributed by atoms with Gasteiger partial charge in [-0.15, -0.1) is 0 Å². The Bertz CT molecular complexity index is 834. The van der Waals surface area contributed by atoms with Gasteiger partial charge in [-0.25, -0.2) is 4.39 Å². The number of hydrogen-bond acceptors (Lipinski definition) is 3. The van der Waals surface area contributed by atoms with E-state index in [-0.39, 0.29) is 18.1 Å². The van der Waals surface area contributed by atoms with Crippen molar-refractivity contribution in [2.45, 2.75) is 13.3 Å². The molecule has 1 aliphatic heterocycles. The summed E-state index contributed by atoms with van der Waals surface area (Å²) in [5, 5.41) is 6.20. The van der Waals surface area contributed by atoms with E-state index < -0.39 is 0 Å². The fourth-order valence-electron chi connectivity index (χ4n) is 3.49. The van der Waals surface area contributed by atoms with Gasteiger partial charge in [-0.2, -0.15) is 0 Å². The minimum absolute atomic E-state index is 0.128. The molecule has 0 unspecified atom stereocenters. The first kappa shape index (κ1) is 21.6. The van der Waals surface area contributed by atoms with Crippen LogP contribution in [0.1, 0.15) is 12.5 Å². The van der Waals surface area contributed by atoms with Gasteiger partial charge in [0.1, 0.15) is 5.82 Å². The maximum absolute atomic E-state index is 13.2. The second-order valence-electron chi connectivity index (χ2n) is 7.20. The molecule has 7 heteroatoms. The molecule has 1 fully saturated rings. The van der Waals surface area contributed by atoms with Crippen molar-refractivity contribution >= 4 is 17.6 Å². The Hall–Kier alpha value is -3.09. The number of hydrogen-bond donors (Lipinski definition) is 2. The molecule has 1 heterocycles. The molecule has 0 radical (unpaired) electrons. The molecule has 6 nitrogen and oxygen atoms in total. The van der Waals surface area contributed by atoms with Gasteiger partial charge < -0.3 is 20.4 Å². The van der Waals surface area contributed by atoms with E-state index >= 15 is 0 Å². The van der Waals surface area contributed by atoms with Crippen LogP contribution in [0, 0.1) is 5.82 Å². The summed E-state index contributed by atoms with van der Waals surface area (Å²) in [5.74, 6) is 0.425. The Labute approximate surface area is 177 Å². The van der Waals surface area contributed by atoms with Crippen molar-refractivity contribution < 1.29 is 9.18 Å². The van der Waals surface area contributed by atoms with E-state index in [2.05, 4.69) is 56.6 Å². The van der Waals surface area contributed by atoms with Crippen molar-refractivity contribution in [3.8, 4) is 0 Å². The first-order chi connectivity index (χ1) is 14.7. The molecule has 0 aromatic heterocycles. The third-order valence-electron chi connectivity index (χ3n) is 4.98. The summed E-state index contributed by atoms with van der Waals surface area (Å²) in [6.07, 6.45) is 0.170. The van der Waals surface area contributed by atoms with Crippen molar-refractivity contribution in [3.63, 3.8) is 0 Å². The number of nitrogens with one attached hydrogen (secondary N) is 2. The van der Waals surface area contributed by atoms with Crippen molar-refractivity contribution in [1.29, 1.82) is 0 Å². The lowest BCUT2D eigenvalue weighted by atomic mass is 10.1. The van der Waals surface area contributed by atoms with Crippen molar-refractivity contribution in [1.82, 2.24) is 15.5 Å². The number of nitrogens with zero attached hydrogens (tertiary/aromatic N) is 3. The van der Waals surface area contributed by atoms with Crippen LogP contribution < -0.4 is 15.5 Å². The minimum Gasteiger partial charge on any atom is -0.368 e. The predicted molar refractivity (Wildman–Crippen MR) is 119 cm³/mol. The number of anilines is 1. The van der Waals surface area contributed by atoms with Crippen LogP contribution in [0.15, 0.2) is 59.6 Å². The molecule has 160 valence electrons. The van der Waals surface area contributed by atoms with Crippen LogP contribution in [-0.2, 0) is 11.2 Å². The molecule has 30 heavy (non-hydrogen) atoms. The second kappa shape index (κ2) is 11.2. The standard InChI is InChI=1S/C23H30FN5O/c1-2-25-23(29-15-13-28(14-16-29)21-9-4-3-5-10-21)27-12-11-26-22(30)18-19-7-6-8-20(24)17-19/h3-10,17H,2,11-16,18H2,1H3,(H,25,27)(H,26,30). The van der Waals surface area contributed by atoms with Crippen LogP contribution in [-0.4, -0.2) is 62.6 Å². The Kier molecular flexibility index (Phi) is 8.06. The molecule has 2 N–H and O–H groups in total. The number of guanidine groups is 1. The normalized spacial score (nSPS) is 14.5. The molecule has 0 bridgehead atoms. The van der Waals surface area contributed by atoms with Gasteiger partial charge in [-0.05, 0) is 36.8 Å². The van der Waals surface area contributed by atoms with Crippen LogP contribution >= 0.6 is 0 Å². The van der Waals surface area contributed by atoms with Gasteiger partial charge in [0.15, 0.2) is 5.96 Å². The van der Waals surface area contributed by atoms with E-state index in [4.69, 9.17) is 0 Å². The fourth-order valence-corrected chi connectivity index (χ4v) is 3.49. The minimum atomic E-state index is -0.326. The van der Waals surface area contributed by atoms with E-state index in [1.807, 2.05) is 6.07 Å². The van der Waals surface area contributed by atoms with E-state index in [1.54, 1.807) is 12.1 Å². The quantitative estimate of drug-likeness (QED) is 0.417. The highest BCUT2D eigenvalue weighted by molar-refractivity contribution is 5.80. The van der Waals surface area contributed by atoms with Gasteiger partial charge in [0.2, 0.25) is 5.91 Å². The highest BCUT2D eigenvalue weighted by Gasteiger charge is 2.19. The number of piperazine rings is 1. The molecule has 0 atom stereocenters. The number of carbonyl (C=O) groups excluding carboxylic acids is 1. The average Bonchev–Trinajstić information content (AvgIpc) is 2.77. The maximum atomic E-state index is 13.2. The molecule has 0 saturated carbocycles. The van der Waals surface area contributed by atoms with Gasteiger partial charge in [-0.3, -0.25) is 9.79 Å². The third kappa shape index (κ3) is 6.47. The van der Waals surface area contributed by atoms with E-state index in [1.165, 1.54) is 17.8 Å². The fraction of sp³-hybridized carbons (Fsp3) is 0.391. The summed E-state index contributed by atoms with van der Waals surface area (Å²) in [4.78, 5) is 21.4. The lowest BCUT2D eigenvalue weighted by molar-refractivity contribution is -0.120. The van der Waals surface area contributed by atoms with Crippen LogP contribution in [0.2, 0.25) is 0 Å². The van der Waals surface area contributed by atoms with E-state index in [0.29, 0.717) is 18.7 Å². The number of benzene rings is 2.